The van der Waals surface area contributed by atoms with Crippen LogP contribution in [0.2, 0.25) is 5.02 Å². The highest BCUT2D eigenvalue weighted by Gasteiger charge is 2.23. The van der Waals surface area contributed by atoms with Crippen LogP contribution in [0.1, 0.15) is 46.4 Å². The summed E-state index contributed by atoms with van der Waals surface area (Å²) in [5.74, 6) is 5.74. The van der Waals surface area contributed by atoms with Gasteiger partial charge in [-0.15, -0.1) is 0 Å². The molecule has 0 spiro atoms. The molecule has 3 N–H and O–H groups in total. The molecule has 0 bridgehead atoms. The van der Waals surface area contributed by atoms with Crippen molar-refractivity contribution in [3.8, 4) is 11.8 Å². The average molecular weight is 521 g/mol. The van der Waals surface area contributed by atoms with Crippen LogP contribution >= 0.6 is 11.6 Å². The summed E-state index contributed by atoms with van der Waals surface area (Å²) in [7, 11) is 0. The number of aromatic nitrogens is 2. The van der Waals surface area contributed by atoms with Crippen LogP contribution in [-0.2, 0) is 17.8 Å². The number of hydrogen-bond acceptors (Lipinski definition) is 6. The van der Waals surface area contributed by atoms with E-state index in [0.717, 1.165) is 43.5 Å². The Kier molecular flexibility index (Phi) is 7.87. The van der Waals surface area contributed by atoms with E-state index < -0.39 is 17.4 Å². The molecule has 192 valence electrons. The number of carbonyl (C=O) groups is 1. The van der Waals surface area contributed by atoms with E-state index in [4.69, 9.17) is 16.3 Å². The molecule has 2 fully saturated rings. The van der Waals surface area contributed by atoms with Crippen LogP contribution in [0, 0.1) is 17.8 Å². The van der Waals surface area contributed by atoms with E-state index in [-0.39, 0.29) is 18.2 Å². The average Bonchev–Trinajstić information content (AvgIpc) is 3.32. The number of hydrogen-bond donors (Lipinski definition) is 3. The molecule has 0 radical (unpaired) electrons. The summed E-state index contributed by atoms with van der Waals surface area (Å²) in [6.07, 6.45) is 2.13. The van der Waals surface area contributed by atoms with Crippen molar-refractivity contribution in [2.24, 2.45) is 5.92 Å². The quantitative estimate of drug-likeness (QED) is 0.447. The zero-order valence-corrected chi connectivity index (χ0v) is 21.2. The predicted molar refractivity (Wildman–Crippen MR) is 141 cm³/mol. The summed E-state index contributed by atoms with van der Waals surface area (Å²) in [6.45, 7) is 3.83. The number of fused-ring (bicyclic) bond motifs is 1. The van der Waals surface area contributed by atoms with Gasteiger partial charge in [0, 0.05) is 37.1 Å². The highest BCUT2D eigenvalue weighted by atomic mass is 35.5. The molecule has 1 aromatic heterocycles. The first-order valence-corrected chi connectivity index (χ1v) is 12.9. The number of carbonyl (C=O) groups excluding carboxylic acids is 1. The number of nitrogens with one attached hydrogen (secondary N) is 2. The molecule has 2 aliphatic rings. The first-order valence-electron chi connectivity index (χ1n) is 12.6. The molecule has 2 heterocycles. The van der Waals surface area contributed by atoms with Gasteiger partial charge in [-0.2, -0.15) is 5.10 Å². The fourth-order valence-electron chi connectivity index (χ4n) is 4.80. The van der Waals surface area contributed by atoms with E-state index in [0.29, 0.717) is 41.2 Å². The third-order valence-corrected chi connectivity index (χ3v) is 7.15. The van der Waals surface area contributed by atoms with Crippen molar-refractivity contribution in [3.63, 3.8) is 0 Å². The van der Waals surface area contributed by atoms with Crippen LogP contribution in [0.25, 0.3) is 10.9 Å². The Labute approximate surface area is 220 Å². The summed E-state index contributed by atoms with van der Waals surface area (Å²) in [4.78, 5) is 28.6. The van der Waals surface area contributed by atoms with E-state index in [1.54, 1.807) is 12.1 Å². The highest BCUT2D eigenvalue weighted by molar-refractivity contribution is 6.30. The summed E-state index contributed by atoms with van der Waals surface area (Å²) in [5, 5.41) is 21.0. The van der Waals surface area contributed by atoms with Gasteiger partial charge in [0.15, 0.2) is 5.69 Å². The first kappa shape index (κ1) is 25.4. The van der Waals surface area contributed by atoms with E-state index in [2.05, 4.69) is 32.3 Å². The number of H-pyrrole nitrogens is 1. The van der Waals surface area contributed by atoms with E-state index in [1.165, 1.54) is 0 Å². The molecule has 2 atom stereocenters. The lowest BCUT2D eigenvalue weighted by molar-refractivity contribution is 0.0342. The van der Waals surface area contributed by atoms with Crippen LogP contribution in [0.4, 0.5) is 0 Å². The minimum Gasteiger partial charge on any atom is -0.392 e. The van der Waals surface area contributed by atoms with Crippen molar-refractivity contribution in [1.82, 2.24) is 20.4 Å². The number of amides is 1. The summed E-state index contributed by atoms with van der Waals surface area (Å²) >= 11 is 5.93. The van der Waals surface area contributed by atoms with E-state index >= 15 is 0 Å². The molecule has 3 aromatic rings. The second-order valence-electron chi connectivity index (χ2n) is 9.54. The minimum atomic E-state index is -0.557. The van der Waals surface area contributed by atoms with Gasteiger partial charge in [-0.3, -0.25) is 19.6 Å². The van der Waals surface area contributed by atoms with Crippen molar-refractivity contribution >= 4 is 28.4 Å². The summed E-state index contributed by atoms with van der Waals surface area (Å²) < 4.78 is 5.46. The maximum atomic E-state index is 13.5. The number of morpholine rings is 1. The van der Waals surface area contributed by atoms with Crippen molar-refractivity contribution in [2.75, 3.05) is 26.3 Å². The topological polar surface area (TPSA) is 108 Å². The fourth-order valence-corrected chi connectivity index (χ4v) is 4.93. The largest absolute Gasteiger partial charge is 0.392 e. The van der Waals surface area contributed by atoms with Crippen molar-refractivity contribution in [1.29, 1.82) is 0 Å². The number of nitrogens with zero attached hydrogens (tertiary/aromatic N) is 2. The lowest BCUT2D eigenvalue weighted by Gasteiger charge is -2.26. The van der Waals surface area contributed by atoms with Crippen LogP contribution in [0.5, 0.6) is 0 Å². The van der Waals surface area contributed by atoms with E-state index in [1.807, 2.05) is 24.3 Å². The molecule has 2 aromatic carbocycles. The van der Waals surface area contributed by atoms with Gasteiger partial charge >= 0.3 is 0 Å². The molecule has 5 rings (SSSR count). The molecule has 2 unspecified atom stereocenters. The number of aliphatic hydroxyl groups excluding tert-OH is 1. The van der Waals surface area contributed by atoms with E-state index in [9.17, 15) is 14.7 Å². The van der Waals surface area contributed by atoms with Gasteiger partial charge in [-0.1, -0.05) is 35.6 Å². The SMILES string of the molecule is O=C(NCc1ccc(Cl)cc1)c1n[nH]c2c(C#CC3CCCC3O)cc(CN3CCOCC3)cc2c1=O. The third kappa shape index (κ3) is 6.03. The number of ether oxygens (including phenoxy) is 1. The number of aliphatic hydroxyl groups is 1. The molecule has 8 nitrogen and oxygen atoms in total. The second-order valence-corrected chi connectivity index (χ2v) is 9.98. The maximum Gasteiger partial charge on any atom is 0.276 e. The van der Waals surface area contributed by atoms with Gasteiger partial charge in [0.25, 0.3) is 5.91 Å². The summed E-state index contributed by atoms with van der Waals surface area (Å²) in [6, 6.07) is 10.9. The number of halogens is 1. The number of benzene rings is 2. The van der Waals surface area contributed by atoms with Crippen molar-refractivity contribution in [2.45, 2.75) is 38.5 Å². The Bertz CT molecular complexity index is 1400. The maximum absolute atomic E-state index is 13.5. The van der Waals surface area contributed by atoms with Crippen LogP contribution in [-0.4, -0.2) is 58.5 Å². The Balaban J connectivity index is 1.47. The molecule has 1 amide bonds. The van der Waals surface area contributed by atoms with Gasteiger partial charge in [0.1, 0.15) is 0 Å². The Morgan fingerprint density at radius 1 is 1.19 bits per heavy atom. The molecule has 1 aliphatic heterocycles. The molecule has 1 saturated heterocycles. The minimum absolute atomic E-state index is 0.0875. The van der Waals surface area contributed by atoms with Gasteiger partial charge in [-0.25, -0.2) is 0 Å². The smallest absolute Gasteiger partial charge is 0.276 e. The predicted octanol–water partition coefficient (Wildman–Crippen LogP) is 2.85. The molecule has 37 heavy (non-hydrogen) atoms. The normalized spacial score (nSPS) is 19.9. The molecule has 9 heteroatoms. The fraction of sp³-hybridized carbons (Fsp3) is 0.393. The Hall–Kier alpha value is -3.22. The lowest BCUT2D eigenvalue weighted by atomic mass is 10.0. The molecule has 1 aliphatic carbocycles. The Morgan fingerprint density at radius 2 is 1.97 bits per heavy atom. The van der Waals surface area contributed by atoms with Gasteiger partial charge < -0.3 is 15.2 Å². The van der Waals surface area contributed by atoms with Crippen molar-refractivity contribution < 1.29 is 14.6 Å². The molecular weight excluding hydrogens is 492 g/mol. The lowest BCUT2D eigenvalue weighted by Crippen LogP contribution is -2.35. The number of aromatic amines is 1. The molecular formula is C28H29ClN4O4. The molecule has 1 saturated carbocycles. The number of rotatable bonds is 5. The van der Waals surface area contributed by atoms with Gasteiger partial charge in [0.05, 0.1) is 35.8 Å². The van der Waals surface area contributed by atoms with Crippen LogP contribution in [0.15, 0.2) is 41.2 Å². The third-order valence-electron chi connectivity index (χ3n) is 6.90. The van der Waals surface area contributed by atoms with Crippen molar-refractivity contribution in [3.05, 3.63) is 74.0 Å². The zero-order valence-electron chi connectivity index (χ0n) is 20.4. The first-order chi connectivity index (χ1) is 18.0. The monoisotopic (exact) mass is 520 g/mol. The van der Waals surface area contributed by atoms with Crippen LogP contribution < -0.4 is 10.7 Å². The Morgan fingerprint density at radius 3 is 2.70 bits per heavy atom. The standard InChI is InChI=1S/C28H29ClN4O4/c29-22-8-4-18(5-9-22)16-30-28(36)26-27(35)23-15-19(17-33-10-12-37-13-11-33)14-21(25(23)31-32-26)7-6-20-2-1-3-24(20)34/h4-5,8-9,14-15,20,24,34H,1-3,10-13,16-17H2,(H,30,36)(H,31,35). The summed E-state index contributed by atoms with van der Waals surface area (Å²) in [5.41, 5.74) is 2.26. The van der Waals surface area contributed by atoms with Gasteiger partial charge in [-0.05, 0) is 54.7 Å². The highest BCUT2D eigenvalue weighted by Crippen LogP contribution is 2.25. The van der Waals surface area contributed by atoms with Gasteiger partial charge in [0.2, 0.25) is 5.43 Å². The second kappa shape index (κ2) is 11.4. The zero-order chi connectivity index (χ0) is 25.8. The van der Waals surface area contributed by atoms with Crippen LogP contribution in [0.3, 0.4) is 0 Å².